The maximum absolute atomic E-state index is 11.8. The summed E-state index contributed by atoms with van der Waals surface area (Å²) in [5.41, 5.74) is -1.30. The van der Waals surface area contributed by atoms with Gasteiger partial charge in [-0.3, -0.25) is 14.3 Å². The van der Waals surface area contributed by atoms with Crippen molar-refractivity contribution < 1.29 is 19.5 Å². The molecule has 0 spiro atoms. The maximum atomic E-state index is 11.8. The second-order valence-electron chi connectivity index (χ2n) is 6.84. The van der Waals surface area contributed by atoms with Crippen molar-refractivity contribution in [2.75, 3.05) is 11.9 Å². The van der Waals surface area contributed by atoms with Gasteiger partial charge in [0.1, 0.15) is 0 Å². The Balaban J connectivity index is 2.52. The van der Waals surface area contributed by atoms with Crippen molar-refractivity contribution >= 4 is 23.5 Å². The van der Waals surface area contributed by atoms with Gasteiger partial charge in [-0.25, -0.2) is 4.79 Å². The van der Waals surface area contributed by atoms with Crippen molar-refractivity contribution in [3.8, 4) is 0 Å². The molecule has 1 heterocycles. The third-order valence-corrected chi connectivity index (χ3v) is 3.28. The number of hydrogen-bond donors (Lipinski definition) is 3. The molecule has 0 radical (unpaired) electrons. The number of nitrogens with one attached hydrogen (secondary N) is 2. The van der Waals surface area contributed by atoms with Gasteiger partial charge in [0, 0.05) is 24.6 Å². The van der Waals surface area contributed by atoms with Gasteiger partial charge in [0.25, 0.3) is 0 Å². The molecular formula is C15H24N4O4. The lowest BCUT2D eigenvalue weighted by Gasteiger charge is -2.19. The number of anilines is 1. The fraction of sp³-hybridized carbons (Fsp3) is 0.600. The number of hydrogen-bond acceptors (Lipinski definition) is 4. The molecule has 23 heavy (non-hydrogen) atoms. The van der Waals surface area contributed by atoms with Gasteiger partial charge in [-0.2, -0.15) is 5.10 Å². The Bertz CT molecular complexity index is 599. The first-order valence-corrected chi connectivity index (χ1v) is 7.31. The van der Waals surface area contributed by atoms with Crippen molar-refractivity contribution in [2.45, 2.75) is 46.6 Å². The molecule has 0 saturated heterocycles. The third-order valence-electron chi connectivity index (χ3n) is 3.28. The quantitative estimate of drug-likeness (QED) is 0.727. The Morgan fingerprint density at radius 3 is 2.35 bits per heavy atom. The molecular weight excluding hydrogens is 300 g/mol. The van der Waals surface area contributed by atoms with Crippen LogP contribution < -0.4 is 10.6 Å². The summed E-state index contributed by atoms with van der Waals surface area (Å²) in [6, 6.07) is 0. The summed E-state index contributed by atoms with van der Waals surface area (Å²) in [5, 5.41) is 18.4. The number of aromatic nitrogens is 2. The van der Waals surface area contributed by atoms with Crippen LogP contribution in [-0.2, 0) is 19.9 Å². The molecule has 0 aliphatic rings. The molecule has 128 valence electrons. The lowest BCUT2D eigenvalue weighted by Crippen LogP contribution is -2.36. The summed E-state index contributed by atoms with van der Waals surface area (Å²) in [6.45, 7) is 8.63. The summed E-state index contributed by atoms with van der Waals surface area (Å²) in [4.78, 5) is 34.6. The molecule has 1 aromatic heterocycles. The van der Waals surface area contributed by atoms with Crippen LogP contribution in [0, 0.1) is 5.41 Å². The number of carbonyl (C=O) groups excluding carboxylic acids is 2. The lowest BCUT2D eigenvalue weighted by atomic mass is 9.96. The average Bonchev–Trinajstić information content (AvgIpc) is 2.86. The molecule has 0 saturated carbocycles. The zero-order valence-corrected chi connectivity index (χ0v) is 14.1. The van der Waals surface area contributed by atoms with Gasteiger partial charge < -0.3 is 15.7 Å². The van der Waals surface area contributed by atoms with E-state index >= 15 is 0 Å². The van der Waals surface area contributed by atoms with E-state index in [1.165, 1.54) is 30.9 Å². The molecule has 3 N–H and O–H groups in total. The van der Waals surface area contributed by atoms with Crippen LogP contribution in [0.15, 0.2) is 12.4 Å². The van der Waals surface area contributed by atoms with Gasteiger partial charge in [-0.1, -0.05) is 20.8 Å². The number of carboxylic acid groups (broad SMARTS) is 1. The second kappa shape index (κ2) is 6.80. The van der Waals surface area contributed by atoms with E-state index in [0.717, 1.165) is 0 Å². The highest BCUT2D eigenvalue weighted by molar-refractivity contribution is 5.91. The van der Waals surface area contributed by atoms with Gasteiger partial charge in [-0.05, 0) is 13.8 Å². The van der Waals surface area contributed by atoms with E-state index in [9.17, 15) is 14.4 Å². The van der Waals surface area contributed by atoms with Crippen LogP contribution in [0.2, 0.25) is 0 Å². The minimum absolute atomic E-state index is 0.120. The molecule has 0 bridgehead atoms. The highest BCUT2D eigenvalue weighted by Crippen LogP contribution is 2.17. The number of amides is 2. The largest absolute Gasteiger partial charge is 0.479 e. The minimum Gasteiger partial charge on any atom is -0.479 e. The van der Waals surface area contributed by atoms with E-state index in [2.05, 4.69) is 15.7 Å². The van der Waals surface area contributed by atoms with Crippen LogP contribution in [0.4, 0.5) is 5.69 Å². The van der Waals surface area contributed by atoms with Crippen molar-refractivity contribution in [1.82, 2.24) is 15.1 Å². The Morgan fingerprint density at radius 1 is 1.22 bits per heavy atom. The van der Waals surface area contributed by atoms with Gasteiger partial charge in [0.2, 0.25) is 11.8 Å². The molecule has 0 aliphatic carbocycles. The van der Waals surface area contributed by atoms with E-state index in [1.54, 1.807) is 20.8 Å². The Morgan fingerprint density at radius 2 is 1.83 bits per heavy atom. The van der Waals surface area contributed by atoms with E-state index in [0.29, 0.717) is 5.69 Å². The smallest absolute Gasteiger partial charge is 0.331 e. The lowest BCUT2D eigenvalue weighted by molar-refractivity contribution is -0.146. The van der Waals surface area contributed by atoms with Gasteiger partial charge in [-0.15, -0.1) is 0 Å². The molecule has 0 aliphatic heterocycles. The Labute approximate surface area is 135 Å². The van der Waals surface area contributed by atoms with Crippen molar-refractivity contribution in [3.63, 3.8) is 0 Å². The predicted molar refractivity (Wildman–Crippen MR) is 84.9 cm³/mol. The van der Waals surface area contributed by atoms with Crippen LogP contribution in [0.5, 0.6) is 0 Å². The van der Waals surface area contributed by atoms with Crippen LogP contribution in [-0.4, -0.2) is 39.2 Å². The SMILES string of the molecule is CC(C)(C)C(=O)NCCC(=O)Nc1cnn(C(C)(C)C(=O)O)c1. The van der Waals surface area contributed by atoms with Crippen LogP contribution in [0.1, 0.15) is 41.0 Å². The van der Waals surface area contributed by atoms with E-state index in [1.807, 2.05) is 0 Å². The summed E-state index contributed by atoms with van der Waals surface area (Å²) in [5.74, 6) is -1.43. The molecule has 8 nitrogen and oxygen atoms in total. The topological polar surface area (TPSA) is 113 Å². The van der Waals surface area contributed by atoms with Crippen molar-refractivity contribution in [2.24, 2.45) is 5.41 Å². The molecule has 8 heteroatoms. The fourth-order valence-corrected chi connectivity index (χ4v) is 1.57. The van der Waals surface area contributed by atoms with E-state index < -0.39 is 16.9 Å². The number of aliphatic carboxylic acids is 1. The first kappa shape index (κ1) is 18.7. The number of carboxylic acids is 1. The molecule has 0 fully saturated rings. The monoisotopic (exact) mass is 324 g/mol. The highest BCUT2D eigenvalue weighted by atomic mass is 16.4. The predicted octanol–water partition coefficient (Wildman–Crippen LogP) is 1.19. The number of nitrogens with zero attached hydrogens (tertiary/aromatic N) is 2. The first-order chi connectivity index (χ1) is 10.4. The number of carbonyl (C=O) groups is 3. The first-order valence-electron chi connectivity index (χ1n) is 7.31. The zero-order chi connectivity index (χ0) is 17.8. The van der Waals surface area contributed by atoms with E-state index in [-0.39, 0.29) is 24.8 Å². The molecule has 0 unspecified atom stereocenters. The normalized spacial score (nSPS) is 11.9. The zero-order valence-electron chi connectivity index (χ0n) is 14.1. The molecule has 1 aromatic rings. The van der Waals surface area contributed by atoms with Gasteiger partial charge in [0.15, 0.2) is 5.54 Å². The molecule has 2 amide bonds. The van der Waals surface area contributed by atoms with Gasteiger partial charge >= 0.3 is 5.97 Å². The summed E-state index contributed by atoms with van der Waals surface area (Å²) in [7, 11) is 0. The summed E-state index contributed by atoms with van der Waals surface area (Å²) < 4.78 is 1.27. The Hall–Kier alpha value is -2.38. The standard InChI is InChI=1S/C15H24N4O4/c1-14(2,3)12(21)16-7-6-11(20)18-10-8-17-19(9-10)15(4,5)13(22)23/h8-9H,6-7H2,1-5H3,(H,16,21)(H,18,20)(H,22,23). The third kappa shape index (κ3) is 5.08. The van der Waals surface area contributed by atoms with Crippen LogP contribution >= 0.6 is 0 Å². The average molecular weight is 324 g/mol. The van der Waals surface area contributed by atoms with Crippen LogP contribution in [0.3, 0.4) is 0 Å². The summed E-state index contributed by atoms with van der Waals surface area (Å²) in [6.07, 6.45) is 2.96. The highest BCUT2D eigenvalue weighted by Gasteiger charge is 2.30. The Kier molecular flexibility index (Phi) is 5.52. The number of rotatable bonds is 6. The summed E-state index contributed by atoms with van der Waals surface area (Å²) >= 11 is 0. The second-order valence-corrected chi connectivity index (χ2v) is 6.84. The maximum Gasteiger partial charge on any atom is 0.331 e. The van der Waals surface area contributed by atoms with Crippen molar-refractivity contribution in [3.05, 3.63) is 12.4 Å². The van der Waals surface area contributed by atoms with Crippen LogP contribution in [0.25, 0.3) is 0 Å². The fourth-order valence-electron chi connectivity index (χ4n) is 1.57. The van der Waals surface area contributed by atoms with Crippen molar-refractivity contribution in [1.29, 1.82) is 0 Å². The minimum atomic E-state index is -1.20. The molecule has 0 aromatic carbocycles. The van der Waals surface area contributed by atoms with E-state index in [4.69, 9.17) is 5.11 Å². The van der Waals surface area contributed by atoms with Gasteiger partial charge in [0.05, 0.1) is 11.9 Å². The molecule has 0 atom stereocenters. The molecule has 1 rings (SSSR count).